The zero-order chi connectivity index (χ0) is 17.3. The minimum absolute atomic E-state index is 0.242. The van der Waals surface area contributed by atoms with Crippen molar-refractivity contribution in [3.05, 3.63) is 24.3 Å². The van der Waals surface area contributed by atoms with Gasteiger partial charge in [-0.3, -0.25) is 4.79 Å². The Kier molecular flexibility index (Phi) is 4.59. The van der Waals surface area contributed by atoms with Crippen LogP contribution in [0.1, 0.15) is 20.3 Å². The van der Waals surface area contributed by atoms with Crippen LogP contribution in [0.5, 0.6) is 0 Å². The van der Waals surface area contributed by atoms with E-state index in [1.807, 2.05) is 6.08 Å². The second kappa shape index (κ2) is 6.02. The molecule has 6 nitrogen and oxygen atoms in total. The van der Waals surface area contributed by atoms with Crippen molar-refractivity contribution in [1.82, 2.24) is 0 Å². The van der Waals surface area contributed by atoms with E-state index in [0.29, 0.717) is 6.42 Å². The molecule has 0 saturated heterocycles. The first-order valence-corrected chi connectivity index (χ1v) is 7.52. The molecule has 126 valence electrons. The molecule has 0 amide bonds. The van der Waals surface area contributed by atoms with Gasteiger partial charge >= 0.3 is 5.97 Å². The van der Waals surface area contributed by atoms with E-state index in [0.717, 1.165) is 6.29 Å². The first-order valence-electron chi connectivity index (χ1n) is 7.52. The first kappa shape index (κ1) is 17.6. The molecule has 0 unspecified atom stereocenters. The average molecular weight is 322 g/mol. The summed E-state index contributed by atoms with van der Waals surface area (Å²) in [4.78, 5) is 36.4. The molecular weight excluding hydrogens is 300 g/mol. The van der Waals surface area contributed by atoms with Gasteiger partial charge in [0.1, 0.15) is 6.29 Å². The van der Waals surface area contributed by atoms with Gasteiger partial charge < -0.3 is 19.0 Å². The fourth-order valence-electron chi connectivity index (χ4n) is 3.63. The molecule has 0 heterocycles. The van der Waals surface area contributed by atoms with E-state index in [1.54, 1.807) is 19.9 Å². The van der Waals surface area contributed by atoms with Gasteiger partial charge in [-0.15, -0.1) is 0 Å². The monoisotopic (exact) mass is 322 g/mol. The van der Waals surface area contributed by atoms with E-state index < -0.39 is 22.6 Å². The summed E-state index contributed by atoms with van der Waals surface area (Å²) in [5.41, 5.74) is -3.73. The number of fused-ring (bicyclic) bond motifs is 2. The van der Waals surface area contributed by atoms with Gasteiger partial charge in [0.05, 0.1) is 12.0 Å². The molecule has 0 N–H and O–H groups in total. The van der Waals surface area contributed by atoms with Gasteiger partial charge in [0, 0.05) is 26.2 Å². The Bertz CT molecular complexity index is 580. The van der Waals surface area contributed by atoms with Crippen molar-refractivity contribution in [1.29, 1.82) is 0 Å². The van der Waals surface area contributed by atoms with E-state index >= 15 is 0 Å². The molecule has 3 rings (SSSR count). The smallest absolute Gasteiger partial charge is 0.330 e. The molecule has 3 aliphatic rings. The third-order valence-corrected chi connectivity index (χ3v) is 4.97. The summed E-state index contributed by atoms with van der Waals surface area (Å²) in [5.74, 6) is -1.30. The van der Waals surface area contributed by atoms with Crippen molar-refractivity contribution < 1.29 is 28.6 Å². The zero-order valence-electron chi connectivity index (χ0n) is 13.8. The van der Waals surface area contributed by atoms with E-state index in [9.17, 15) is 14.4 Å². The highest BCUT2D eigenvalue weighted by Gasteiger charge is 2.68. The van der Waals surface area contributed by atoms with Crippen LogP contribution in [-0.2, 0) is 28.6 Å². The van der Waals surface area contributed by atoms with Crippen molar-refractivity contribution in [2.45, 2.75) is 31.5 Å². The fourth-order valence-corrected chi connectivity index (χ4v) is 3.63. The first-order chi connectivity index (χ1) is 10.9. The molecule has 0 spiro atoms. The minimum atomic E-state index is -1.40. The number of ether oxygens (including phenoxy) is 3. The lowest BCUT2D eigenvalue weighted by molar-refractivity contribution is -0.190. The number of carbonyl (C=O) groups is 3. The molecule has 0 aromatic rings. The van der Waals surface area contributed by atoms with Crippen LogP contribution in [0, 0.1) is 11.3 Å². The standard InChI is InChI=1S/C17H22O6/c1-5-23-13(19)7-8-16(21-3)12-6-9-17(22-4,14(16)20)15(2,10-12)11-18/h6-9,11-12H,5,10H2,1-4H3/b8-7+/t12-,15-,16+,17-/m0/s1. The number of ketones is 1. The highest BCUT2D eigenvalue weighted by molar-refractivity contribution is 6.05. The van der Waals surface area contributed by atoms with Crippen LogP contribution in [-0.4, -0.2) is 50.1 Å². The van der Waals surface area contributed by atoms with Gasteiger partial charge in [-0.2, -0.15) is 0 Å². The number of carbonyl (C=O) groups excluding carboxylic acids is 3. The van der Waals surface area contributed by atoms with E-state index in [4.69, 9.17) is 14.2 Å². The molecule has 0 aromatic heterocycles. The highest BCUT2D eigenvalue weighted by atomic mass is 16.5. The molecular formula is C17H22O6. The molecule has 2 bridgehead atoms. The van der Waals surface area contributed by atoms with Crippen molar-refractivity contribution >= 4 is 18.0 Å². The van der Waals surface area contributed by atoms with Crippen LogP contribution >= 0.6 is 0 Å². The number of hydrogen-bond donors (Lipinski definition) is 0. The number of esters is 1. The van der Waals surface area contributed by atoms with Crippen LogP contribution < -0.4 is 0 Å². The lowest BCUT2D eigenvalue weighted by atomic mass is 9.51. The van der Waals surface area contributed by atoms with Crippen LogP contribution in [0.3, 0.4) is 0 Å². The minimum Gasteiger partial charge on any atom is -0.463 e. The zero-order valence-corrected chi connectivity index (χ0v) is 13.8. The molecule has 1 saturated carbocycles. The quantitative estimate of drug-likeness (QED) is 0.317. The van der Waals surface area contributed by atoms with E-state index in [2.05, 4.69) is 0 Å². The molecule has 0 aliphatic heterocycles. The predicted molar refractivity (Wildman–Crippen MR) is 81.7 cm³/mol. The Morgan fingerprint density at radius 2 is 2.09 bits per heavy atom. The Morgan fingerprint density at radius 3 is 2.61 bits per heavy atom. The number of methoxy groups -OCH3 is 2. The molecule has 0 radical (unpaired) electrons. The second-order valence-corrected chi connectivity index (χ2v) is 6.06. The Labute approximate surface area is 135 Å². The largest absolute Gasteiger partial charge is 0.463 e. The summed E-state index contributed by atoms with van der Waals surface area (Å²) in [5, 5.41) is 0. The van der Waals surface area contributed by atoms with Gasteiger partial charge in [0.15, 0.2) is 11.2 Å². The van der Waals surface area contributed by atoms with Gasteiger partial charge in [0.2, 0.25) is 5.78 Å². The predicted octanol–water partition coefficient (Wildman–Crippen LogP) is 1.24. The molecule has 3 aliphatic carbocycles. The third-order valence-electron chi connectivity index (χ3n) is 4.97. The molecule has 0 aromatic carbocycles. The maximum absolute atomic E-state index is 13.2. The Hall–Kier alpha value is -1.79. The topological polar surface area (TPSA) is 78.9 Å². The lowest BCUT2D eigenvalue weighted by Crippen LogP contribution is -2.70. The summed E-state index contributed by atoms with van der Waals surface area (Å²) >= 11 is 0. The van der Waals surface area contributed by atoms with E-state index in [-0.39, 0.29) is 18.3 Å². The lowest BCUT2D eigenvalue weighted by Gasteiger charge is -2.56. The van der Waals surface area contributed by atoms with Gasteiger partial charge in [-0.05, 0) is 32.4 Å². The maximum atomic E-state index is 13.2. The summed E-state index contributed by atoms with van der Waals surface area (Å²) < 4.78 is 15.9. The van der Waals surface area contributed by atoms with Crippen molar-refractivity contribution in [2.75, 3.05) is 20.8 Å². The van der Waals surface area contributed by atoms with Gasteiger partial charge in [-0.25, -0.2) is 4.79 Å². The van der Waals surface area contributed by atoms with Crippen molar-refractivity contribution in [3.63, 3.8) is 0 Å². The molecule has 1 fully saturated rings. The summed E-state index contributed by atoms with van der Waals surface area (Å²) in [6.45, 7) is 3.64. The number of rotatable bonds is 6. The fraction of sp³-hybridized carbons (Fsp3) is 0.588. The van der Waals surface area contributed by atoms with Gasteiger partial charge in [0.25, 0.3) is 0 Å². The van der Waals surface area contributed by atoms with Crippen molar-refractivity contribution in [3.8, 4) is 0 Å². The maximum Gasteiger partial charge on any atom is 0.330 e. The number of aldehydes is 1. The van der Waals surface area contributed by atoms with Crippen molar-refractivity contribution in [2.24, 2.45) is 11.3 Å². The highest BCUT2D eigenvalue weighted by Crippen LogP contribution is 2.55. The Morgan fingerprint density at radius 1 is 1.39 bits per heavy atom. The van der Waals surface area contributed by atoms with Crippen LogP contribution in [0.4, 0.5) is 0 Å². The third kappa shape index (κ3) is 2.28. The van der Waals surface area contributed by atoms with E-state index in [1.165, 1.54) is 26.4 Å². The van der Waals surface area contributed by atoms with Gasteiger partial charge in [-0.1, -0.05) is 6.08 Å². The Balaban J connectivity index is 2.50. The summed E-state index contributed by atoms with van der Waals surface area (Å²) in [6, 6.07) is 0. The normalized spacial score (nSPS) is 39.0. The SMILES string of the molecule is CCOC(=O)/C=C/[C@]1(OC)C(=O)[C@@]2(OC)C=C[C@H]1C[C@@]2(C)C=O. The average Bonchev–Trinajstić information content (AvgIpc) is 2.55. The van der Waals surface area contributed by atoms with Crippen LogP contribution in [0.15, 0.2) is 24.3 Å². The molecule has 4 atom stereocenters. The summed E-state index contributed by atoms with van der Waals surface area (Å²) in [7, 11) is 2.80. The van der Waals surface area contributed by atoms with Crippen LogP contribution in [0.25, 0.3) is 0 Å². The summed E-state index contributed by atoms with van der Waals surface area (Å²) in [6.07, 6.45) is 7.20. The van der Waals surface area contributed by atoms with Crippen LogP contribution in [0.2, 0.25) is 0 Å². The second-order valence-electron chi connectivity index (χ2n) is 6.06. The molecule has 23 heavy (non-hydrogen) atoms. The number of Topliss-reactive ketones (excluding diaryl/α,β-unsaturated/α-hetero) is 1. The molecule has 6 heteroatoms. The number of hydrogen-bond acceptors (Lipinski definition) is 6.